The minimum atomic E-state index is -0.558. The van der Waals surface area contributed by atoms with Gasteiger partial charge in [-0.3, -0.25) is 24.6 Å². The normalized spacial score (nSPS) is 15.2. The van der Waals surface area contributed by atoms with E-state index in [1.54, 1.807) is 13.0 Å². The van der Waals surface area contributed by atoms with Gasteiger partial charge in [-0.2, -0.15) is 0 Å². The number of hydrogen-bond acceptors (Lipinski definition) is 5. The molecule has 1 aliphatic rings. The average Bonchev–Trinajstić information content (AvgIpc) is 3.01. The van der Waals surface area contributed by atoms with Gasteiger partial charge in [-0.05, 0) is 75.3 Å². The van der Waals surface area contributed by atoms with Gasteiger partial charge in [-0.1, -0.05) is 24.3 Å². The predicted octanol–water partition coefficient (Wildman–Crippen LogP) is 3.96. The fraction of sp³-hybridized carbons (Fsp3) is 0.231. The Kier molecular flexibility index (Phi) is 6.34. The van der Waals surface area contributed by atoms with Crippen LogP contribution in [-0.4, -0.2) is 34.1 Å². The number of amides is 2. The third-order valence-corrected chi connectivity index (χ3v) is 6.01. The van der Waals surface area contributed by atoms with Gasteiger partial charge >= 0.3 is 5.97 Å². The Morgan fingerprint density at radius 1 is 1.09 bits per heavy atom. The quantitative estimate of drug-likeness (QED) is 0.262. The minimum Gasteiger partial charge on any atom is -0.465 e. The number of carbonyl (C=O) groups is 3. The molecule has 7 nitrogen and oxygen atoms in total. The third-order valence-electron chi connectivity index (χ3n) is 5.73. The summed E-state index contributed by atoms with van der Waals surface area (Å²) in [6.45, 7) is 7.80. The predicted molar refractivity (Wildman–Crippen MR) is 135 cm³/mol. The summed E-state index contributed by atoms with van der Waals surface area (Å²) in [6.07, 6.45) is 1.58. The maximum absolute atomic E-state index is 13.5. The lowest BCUT2D eigenvalue weighted by atomic mass is 10.0. The number of fused-ring (bicyclic) bond motifs is 1. The fourth-order valence-corrected chi connectivity index (χ4v) is 4.58. The maximum Gasteiger partial charge on any atom is 0.325 e. The van der Waals surface area contributed by atoms with Crippen molar-refractivity contribution in [2.75, 3.05) is 11.5 Å². The lowest BCUT2D eigenvalue weighted by Gasteiger charge is -2.29. The van der Waals surface area contributed by atoms with Crippen molar-refractivity contribution in [3.8, 4) is 0 Å². The van der Waals surface area contributed by atoms with Crippen molar-refractivity contribution in [2.24, 2.45) is 0 Å². The molecule has 174 valence electrons. The van der Waals surface area contributed by atoms with Crippen molar-refractivity contribution >= 4 is 57.8 Å². The number of aromatic nitrogens is 1. The molecule has 4 rings (SSSR count). The van der Waals surface area contributed by atoms with E-state index in [4.69, 9.17) is 17.0 Å². The number of anilines is 1. The van der Waals surface area contributed by atoms with E-state index < -0.39 is 11.8 Å². The summed E-state index contributed by atoms with van der Waals surface area (Å²) in [6, 6.07) is 13.2. The first kappa shape index (κ1) is 23.4. The Morgan fingerprint density at radius 2 is 1.76 bits per heavy atom. The summed E-state index contributed by atoms with van der Waals surface area (Å²) in [4.78, 5) is 39.9. The van der Waals surface area contributed by atoms with Gasteiger partial charge in [0.2, 0.25) is 0 Å². The highest BCUT2D eigenvalue weighted by Crippen LogP contribution is 2.30. The number of aryl methyl sites for hydroxylation is 2. The molecule has 0 atom stereocenters. The summed E-state index contributed by atoms with van der Waals surface area (Å²) in [5.41, 5.74) is 4.76. The molecule has 2 amide bonds. The first-order chi connectivity index (χ1) is 16.2. The van der Waals surface area contributed by atoms with Gasteiger partial charge < -0.3 is 9.30 Å². The highest BCUT2D eigenvalue weighted by molar-refractivity contribution is 7.80. The Balaban J connectivity index is 1.83. The molecule has 0 saturated carbocycles. The fourth-order valence-electron chi connectivity index (χ4n) is 4.30. The number of rotatable bonds is 5. The Bertz CT molecular complexity index is 1370. The Hall–Kier alpha value is -3.78. The van der Waals surface area contributed by atoms with Crippen molar-refractivity contribution in [1.29, 1.82) is 0 Å². The molecule has 1 aromatic heterocycles. The molecule has 0 unspecified atom stereocenters. The van der Waals surface area contributed by atoms with Crippen LogP contribution in [0, 0.1) is 20.8 Å². The molecule has 2 aromatic carbocycles. The topological polar surface area (TPSA) is 80.6 Å². The number of esters is 1. The molecule has 8 heteroatoms. The zero-order chi connectivity index (χ0) is 24.6. The van der Waals surface area contributed by atoms with Crippen LogP contribution in [0.5, 0.6) is 0 Å². The van der Waals surface area contributed by atoms with Crippen molar-refractivity contribution in [1.82, 2.24) is 9.88 Å². The molecule has 1 saturated heterocycles. The molecule has 1 aliphatic heterocycles. The molecule has 0 spiro atoms. The molecule has 3 aromatic rings. The highest BCUT2D eigenvalue weighted by atomic mass is 32.1. The SMILES string of the molecule is CCOC(=O)Cn1c(C)c(/C=C2\C(=O)NC(=S)N(c3cc(C)cc(C)c3)C2=O)c2ccccc21. The van der Waals surface area contributed by atoms with Crippen molar-refractivity contribution in [3.63, 3.8) is 0 Å². The second kappa shape index (κ2) is 9.23. The van der Waals surface area contributed by atoms with Crippen molar-refractivity contribution in [3.05, 3.63) is 70.4 Å². The number of thiocarbonyl (C=S) groups is 1. The summed E-state index contributed by atoms with van der Waals surface area (Å²) in [5, 5.41) is 3.50. The van der Waals surface area contributed by atoms with E-state index in [-0.39, 0.29) is 29.8 Å². The second-order valence-corrected chi connectivity index (χ2v) is 8.60. The van der Waals surface area contributed by atoms with Gasteiger partial charge in [-0.15, -0.1) is 0 Å². The third kappa shape index (κ3) is 4.24. The molecule has 1 N–H and O–H groups in total. The molecule has 34 heavy (non-hydrogen) atoms. The van der Waals surface area contributed by atoms with Crippen LogP contribution in [-0.2, 0) is 25.7 Å². The zero-order valence-electron chi connectivity index (χ0n) is 19.5. The van der Waals surface area contributed by atoms with Crippen LogP contribution in [0.2, 0.25) is 0 Å². The van der Waals surface area contributed by atoms with Crippen molar-refractivity contribution in [2.45, 2.75) is 34.2 Å². The summed E-state index contributed by atoms with van der Waals surface area (Å²) < 4.78 is 6.95. The largest absolute Gasteiger partial charge is 0.465 e. The molecule has 0 aliphatic carbocycles. The van der Waals surface area contributed by atoms with E-state index >= 15 is 0 Å². The van der Waals surface area contributed by atoms with Gasteiger partial charge in [0.15, 0.2) is 5.11 Å². The van der Waals surface area contributed by atoms with Gasteiger partial charge in [0.05, 0.1) is 12.3 Å². The maximum atomic E-state index is 13.5. The average molecular weight is 476 g/mol. The van der Waals surface area contributed by atoms with E-state index in [0.29, 0.717) is 11.3 Å². The number of hydrogen-bond donors (Lipinski definition) is 1. The van der Waals surface area contributed by atoms with Gasteiger partial charge in [-0.25, -0.2) is 0 Å². The van der Waals surface area contributed by atoms with Gasteiger partial charge in [0.1, 0.15) is 12.1 Å². The molecule has 2 heterocycles. The molecule has 0 radical (unpaired) electrons. The first-order valence-electron chi connectivity index (χ1n) is 10.9. The lowest BCUT2D eigenvalue weighted by Crippen LogP contribution is -2.54. The van der Waals surface area contributed by atoms with Crippen LogP contribution >= 0.6 is 12.2 Å². The number of para-hydroxylation sites is 1. The minimum absolute atomic E-state index is 0.0300. The van der Waals surface area contributed by atoms with E-state index in [1.807, 2.05) is 67.8 Å². The number of benzene rings is 2. The Morgan fingerprint density at radius 3 is 2.44 bits per heavy atom. The van der Waals surface area contributed by atoms with Gasteiger partial charge in [0.25, 0.3) is 11.8 Å². The van der Waals surface area contributed by atoms with Crippen molar-refractivity contribution < 1.29 is 19.1 Å². The van der Waals surface area contributed by atoms with E-state index in [2.05, 4.69) is 5.32 Å². The van der Waals surface area contributed by atoms with Crippen LogP contribution in [0.1, 0.15) is 29.3 Å². The molecular formula is C26H25N3O4S. The second-order valence-electron chi connectivity index (χ2n) is 8.21. The van der Waals surface area contributed by atoms with Gasteiger partial charge in [0, 0.05) is 22.2 Å². The monoisotopic (exact) mass is 475 g/mol. The lowest BCUT2D eigenvalue weighted by molar-refractivity contribution is -0.143. The standard InChI is InChI=1S/C26H25N3O4S/c1-5-33-23(30)14-28-17(4)20(19-8-6-7-9-22(19)28)13-21-24(31)27-26(34)29(25(21)32)18-11-15(2)10-16(3)12-18/h6-13H,5,14H2,1-4H3,(H,27,31,34)/b21-13+. The number of nitrogens with zero attached hydrogens (tertiary/aromatic N) is 2. The zero-order valence-corrected chi connectivity index (χ0v) is 20.3. The first-order valence-corrected chi connectivity index (χ1v) is 11.3. The summed E-state index contributed by atoms with van der Waals surface area (Å²) in [5.74, 6) is -1.42. The Labute approximate surface area is 203 Å². The number of ether oxygens (including phenoxy) is 1. The summed E-state index contributed by atoms with van der Waals surface area (Å²) >= 11 is 5.34. The molecule has 1 fully saturated rings. The van der Waals surface area contributed by atoms with Crippen LogP contribution < -0.4 is 10.2 Å². The van der Waals surface area contributed by atoms with Crippen LogP contribution in [0.15, 0.2) is 48.0 Å². The number of carbonyl (C=O) groups excluding carboxylic acids is 3. The van der Waals surface area contributed by atoms with Crippen LogP contribution in [0.3, 0.4) is 0 Å². The molecular weight excluding hydrogens is 450 g/mol. The molecule has 0 bridgehead atoms. The van der Waals surface area contributed by atoms with Crippen LogP contribution in [0.25, 0.3) is 17.0 Å². The van der Waals surface area contributed by atoms with Crippen LogP contribution in [0.4, 0.5) is 5.69 Å². The summed E-state index contributed by atoms with van der Waals surface area (Å²) in [7, 11) is 0. The highest BCUT2D eigenvalue weighted by Gasteiger charge is 2.35. The smallest absolute Gasteiger partial charge is 0.325 e. The van der Waals surface area contributed by atoms with E-state index in [1.165, 1.54) is 4.90 Å². The van der Waals surface area contributed by atoms with E-state index in [0.717, 1.165) is 27.7 Å². The number of nitrogens with one attached hydrogen (secondary N) is 1. The van der Waals surface area contributed by atoms with E-state index in [9.17, 15) is 14.4 Å².